The van der Waals surface area contributed by atoms with Gasteiger partial charge < -0.3 is 20.4 Å². The fourth-order valence-corrected chi connectivity index (χ4v) is 1.74. The molecule has 1 aromatic rings. The Morgan fingerprint density at radius 2 is 1.72 bits per heavy atom. The van der Waals surface area contributed by atoms with E-state index >= 15 is 0 Å². The highest BCUT2D eigenvalue weighted by atomic mass is 127. The minimum Gasteiger partial charge on any atom is -0.443 e. The monoisotopic (exact) mass is 465 g/mol. The van der Waals surface area contributed by atoms with Gasteiger partial charge in [0.2, 0.25) is 11.8 Å². The fourth-order valence-electron chi connectivity index (χ4n) is 1.74. The van der Waals surface area contributed by atoms with Gasteiger partial charge in [-0.1, -0.05) is 41.5 Å². The molecule has 0 radical (unpaired) electrons. The maximum Gasteiger partial charge on any atom is 0.225 e. The van der Waals surface area contributed by atoms with Crippen LogP contribution in [-0.2, 0) is 16.8 Å². The second kappa shape index (κ2) is 9.98. The SMILES string of the molecule is CN=C(NCCNC(=O)C(C)(C)C)NCc1ncc(C(C)(C)C)o1.I. The molecule has 0 unspecified atom stereocenters. The summed E-state index contributed by atoms with van der Waals surface area (Å²) in [6, 6.07) is 0. The molecule has 7 nitrogen and oxygen atoms in total. The summed E-state index contributed by atoms with van der Waals surface area (Å²) >= 11 is 0. The molecule has 0 aliphatic heterocycles. The van der Waals surface area contributed by atoms with Gasteiger partial charge in [-0.2, -0.15) is 0 Å². The van der Waals surface area contributed by atoms with Crippen LogP contribution in [0.4, 0.5) is 0 Å². The Morgan fingerprint density at radius 1 is 1.12 bits per heavy atom. The van der Waals surface area contributed by atoms with Gasteiger partial charge in [0.25, 0.3) is 0 Å². The standard InChI is InChI=1S/C17H31N5O2.HI/c1-16(2,3)12-10-21-13(24-12)11-22-15(18-7)20-9-8-19-14(23)17(4,5)6;/h10H,8-9,11H2,1-7H3,(H,19,23)(H2,18,20,22);1H. The normalized spacial score (nSPS) is 12.4. The van der Waals surface area contributed by atoms with Crippen LogP contribution in [0, 0.1) is 5.41 Å². The van der Waals surface area contributed by atoms with Gasteiger partial charge in [-0.05, 0) is 0 Å². The van der Waals surface area contributed by atoms with Crippen molar-refractivity contribution in [2.24, 2.45) is 10.4 Å². The molecule has 0 atom stereocenters. The van der Waals surface area contributed by atoms with Gasteiger partial charge in [0, 0.05) is 31.0 Å². The van der Waals surface area contributed by atoms with Crippen LogP contribution in [0.25, 0.3) is 0 Å². The molecule has 0 bridgehead atoms. The zero-order chi connectivity index (χ0) is 18.4. The Kier molecular flexibility index (Phi) is 9.45. The third-order valence-corrected chi connectivity index (χ3v) is 3.31. The molecule has 3 N–H and O–H groups in total. The van der Waals surface area contributed by atoms with E-state index in [1.165, 1.54) is 0 Å². The van der Waals surface area contributed by atoms with Gasteiger partial charge >= 0.3 is 0 Å². The molecule has 1 amide bonds. The van der Waals surface area contributed by atoms with Gasteiger partial charge in [0.05, 0.1) is 12.7 Å². The summed E-state index contributed by atoms with van der Waals surface area (Å²) in [6.45, 7) is 13.5. The number of carbonyl (C=O) groups excluding carboxylic acids is 1. The topological polar surface area (TPSA) is 91.5 Å². The summed E-state index contributed by atoms with van der Waals surface area (Å²) in [5.41, 5.74) is -0.438. The highest BCUT2D eigenvalue weighted by Crippen LogP contribution is 2.22. The Labute approximate surface area is 167 Å². The van der Waals surface area contributed by atoms with Gasteiger partial charge in [-0.15, -0.1) is 24.0 Å². The molecule has 1 aromatic heterocycles. The first kappa shape index (κ1) is 23.7. The number of hydrogen-bond donors (Lipinski definition) is 3. The van der Waals surface area contributed by atoms with E-state index in [2.05, 4.69) is 46.7 Å². The van der Waals surface area contributed by atoms with E-state index in [1.807, 2.05) is 20.8 Å². The minimum atomic E-state index is -0.379. The smallest absolute Gasteiger partial charge is 0.225 e. The number of nitrogens with one attached hydrogen (secondary N) is 3. The third-order valence-electron chi connectivity index (χ3n) is 3.31. The predicted octanol–water partition coefficient (Wildman–Crippen LogP) is 2.42. The van der Waals surface area contributed by atoms with Crippen molar-refractivity contribution in [1.82, 2.24) is 20.9 Å². The Bertz CT molecular complexity index is 570. The number of amides is 1. The van der Waals surface area contributed by atoms with Crippen molar-refractivity contribution in [3.8, 4) is 0 Å². The van der Waals surface area contributed by atoms with Crippen molar-refractivity contribution in [2.45, 2.75) is 53.5 Å². The lowest BCUT2D eigenvalue weighted by atomic mass is 9.94. The molecule has 1 rings (SSSR count). The predicted molar refractivity (Wildman–Crippen MR) is 111 cm³/mol. The van der Waals surface area contributed by atoms with Crippen LogP contribution in [0.2, 0.25) is 0 Å². The first-order chi connectivity index (χ1) is 11.0. The number of aliphatic imine (C=N–C) groups is 1. The molecule has 0 saturated carbocycles. The van der Waals surface area contributed by atoms with Crippen molar-refractivity contribution < 1.29 is 9.21 Å². The number of carbonyl (C=O) groups is 1. The zero-order valence-corrected chi connectivity index (χ0v) is 18.6. The lowest BCUT2D eigenvalue weighted by Gasteiger charge is -2.18. The molecule has 144 valence electrons. The van der Waals surface area contributed by atoms with Crippen LogP contribution in [0.5, 0.6) is 0 Å². The van der Waals surface area contributed by atoms with Crippen LogP contribution in [0.3, 0.4) is 0 Å². The van der Waals surface area contributed by atoms with Gasteiger partial charge in [0.1, 0.15) is 5.76 Å². The van der Waals surface area contributed by atoms with E-state index in [0.29, 0.717) is 31.5 Å². The zero-order valence-electron chi connectivity index (χ0n) is 16.3. The van der Waals surface area contributed by atoms with E-state index in [0.717, 1.165) is 5.76 Å². The molecule has 25 heavy (non-hydrogen) atoms. The van der Waals surface area contributed by atoms with E-state index in [1.54, 1.807) is 13.2 Å². The van der Waals surface area contributed by atoms with E-state index < -0.39 is 0 Å². The summed E-state index contributed by atoms with van der Waals surface area (Å²) in [6.07, 6.45) is 1.76. The molecule has 0 saturated heterocycles. The highest BCUT2D eigenvalue weighted by Gasteiger charge is 2.20. The van der Waals surface area contributed by atoms with Crippen LogP contribution in [-0.4, -0.2) is 37.0 Å². The largest absolute Gasteiger partial charge is 0.443 e. The van der Waals surface area contributed by atoms with Gasteiger partial charge in [-0.25, -0.2) is 4.98 Å². The Morgan fingerprint density at radius 3 is 2.20 bits per heavy atom. The lowest BCUT2D eigenvalue weighted by molar-refractivity contribution is -0.128. The van der Waals surface area contributed by atoms with Crippen molar-refractivity contribution in [3.63, 3.8) is 0 Å². The Hall–Kier alpha value is -1.32. The van der Waals surface area contributed by atoms with E-state index in [4.69, 9.17) is 4.42 Å². The molecule has 1 heterocycles. The molecule has 0 aliphatic carbocycles. The van der Waals surface area contributed by atoms with Crippen molar-refractivity contribution in [2.75, 3.05) is 20.1 Å². The molecular weight excluding hydrogens is 433 g/mol. The molecular formula is C17H32IN5O2. The maximum atomic E-state index is 11.8. The van der Waals surface area contributed by atoms with E-state index in [-0.39, 0.29) is 40.7 Å². The van der Waals surface area contributed by atoms with Gasteiger partial charge in [-0.3, -0.25) is 9.79 Å². The molecule has 8 heteroatoms. The Balaban J connectivity index is 0.00000576. The summed E-state index contributed by atoms with van der Waals surface area (Å²) < 4.78 is 5.72. The second-order valence-electron chi connectivity index (χ2n) is 7.73. The average Bonchev–Trinajstić information content (AvgIpc) is 2.94. The number of rotatable bonds is 5. The quantitative estimate of drug-likeness (QED) is 0.269. The van der Waals surface area contributed by atoms with Crippen molar-refractivity contribution in [1.29, 1.82) is 0 Å². The third kappa shape index (κ3) is 8.55. The highest BCUT2D eigenvalue weighted by molar-refractivity contribution is 14.0. The van der Waals surface area contributed by atoms with E-state index in [9.17, 15) is 4.79 Å². The number of oxazole rings is 1. The number of aromatic nitrogens is 1. The summed E-state index contributed by atoms with van der Waals surface area (Å²) in [7, 11) is 1.69. The van der Waals surface area contributed by atoms with Crippen LogP contribution >= 0.6 is 24.0 Å². The number of halogens is 1. The molecule has 0 fully saturated rings. The average molecular weight is 465 g/mol. The fraction of sp³-hybridized carbons (Fsp3) is 0.706. The van der Waals surface area contributed by atoms with Crippen LogP contribution in [0.1, 0.15) is 53.2 Å². The second-order valence-corrected chi connectivity index (χ2v) is 7.73. The van der Waals surface area contributed by atoms with Gasteiger partial charge in [0.15, 0.2) is 5.96 Å². The number of nitrogens with zero attached hydrogens (tertiary/aromatic N) is 2. The number of guanidine groups is 1. The summed E-state index contributed by atoms with van der Waals surface area (Å²) in [4.78, 5) is 20.2. The van der Waals surface area contributed by atoms with Crippen molar-refractivity contribution in [3.05, 3.63) is 17.8 Å². The number of hydrogen-bond acceptors (Lipinski definition) is 4. The molecule has 0 spiro atoms. The molecule has 0 aliphatic rings. The van der Waals surface area contributed by atoms with Crippen LogP contribution < -0.4 is 16.0 Å². The maximum absolute atomic E-state index is 11.8. The summed E-state index contributed by atoms with van der Waals surface area (Å²) in [5.74, 6) is 2.13. The first-order valence-corrected chi connectivity index (χ1v) is 8.22. The minimum absolute atomic E-state index is 0. The first-order valence-electron chi connectivity index (χ1n) is 8.22. The summed E-state index contributed by atoms with van der Waals surface area (Å²) in [5, 5.41) is 9.16. The van der Waals surface area contributed by atoms with Crippen molar-refractivity contribution >= 4 is 35.8 Å². The molecule has 0 aromatic carbocycles. The van der Waals surface area contributed by atoms with Crippen LogP contribution in [0.15, 0.2) is 15.6 Å². The lowest BCUT2D eigenvalue weighted by Crippen LogP contribution is -2.43.